The smallest absolute Gasteiger partial charge is 0.244 e. The second-order valence-corrected chi connectivity index (χ2v) is 5.66. The maximum Gasteiger partial charge on any atom is 0.244 e. The summed E-state index contributed by atoms with van der Waals surface area (Å²) in [6, 6.07) is 9.42. The van der Waals surface area contributed by atoms with Crippen molar-refractivity contribution >= 4 is 5.91 Å². The van der Waals surface area contributed by atoms with Crippen molar-refractivity contribution in [3.05, 3.63) is 35.9 Å². The van der Waals surface area contributed by atoms with Gasteiger partial charge in [-0.15, -0.1) is 0 Å². The van der Waals surface area contributed by atoms with Crippen molar-refractivity contribution in [2.45, 2.75) is 25.5 Å². The minimum Gasteiger partial charge on any atom is -0.374 e. The molecule has 5 nitrogen and oxygen atoms in total. The molecule has 0 spiro atoms. The second-order valence-electron chi connectivity index (χ2n) is 5.66. The summed E-state index contributed by atoms with van der Waals surface area (Å²) in [5.41, 5.74) is 5.97. The van der Waals surface area contributed by atoms with E-state index >= 15 is 0 Å². The standard InChI is InChI=1S/C16H25N3O2/c1-3-19-9-10-21-14(12-19)11-18-15(20)16(2,17)13-7-5-4-6-8-13/h4-8,14H,3,9-12,17H2,1-2H3,(H,18,20). The van der Waals surface area contributed by atoms with Crippen LogP contribution < -0.4 is 11.1 Å². The zero-order valence-corrected chi connectivity index (χ0v) is 12.8. The van der Waals surface area contributed by atoms with Crippen LogP contribution in [0.15, 0.2) is 30.3 Å². The van der Waals surface area contributed by atoms with Gasteiger partial charge in [0.2, 0.25) is 5.91 Å². The van der Waals surface area contributed by atoms with E-state index in [4.69, 9.17) is 10.5 Å². The Labute approximate surface area is 126 Å². The highest BCUT2D eigenvalue weighted by atomic mass is 16.5. The molecule has 0 bridgehead atoms. The Morgan fingerprint density at radius 2 is 2.19 bits per heavy atom. The third-order valence-corrected chi connectivity index (χ3v) is 4.01. The number of benzene rings is 1. The van der Waals surface area contributed by atoms with Crippen LogP contribution in [0.1, 0.15) is 19.4 Å². The second kappa shape index (κ2) is 7.02. The summed E-state index contributed by atoms with van der Waals surface area (Å²) in [7, 11) is 0. The molecule has 1 aliphatic rings. The van der Waals surface area contributed by atoms with Crippen LogP contribution in [0.3, 0.4) is 0 Å². The Balaban J connectivity index is 1.89. The third-order valence-electron chi connectivity index (χ3n) is 4.01. The van der Waals surface area contributed by atoms with E-state index in [2.05, 4.69) is 17.1 Å². The molecule has 2 rings (SSSR count). The Kier molecular flexibility index (Phi) is 5.33. The molecule has 5 heteroatoms. The zero-order valence-electron chi connectivity index (χ0n) is 12.8. The predicted octanol–water partition coefficient (Wildman–Crippen LogP) is 0.697. The van der Waals surface area contributed by atoms with Crippen molar-refractivity contribution in [3.8, 4) is 0 Å². The average molecular weight is 291 g/mol. The monoisotopic (exact) mass is 291 g/mol. The molecule has 1 amide bonds. The third kappa shape index (κ3) is 4.03. The number of nitrogens with two attached hydrogens (primary N) is 1. The van der Waals surface area contributed by atoms with Crippen molar-refractivity contribution in [1.82, 2.24) is 10.2 Å². The van der Waals surface area contributed by atoms with Crippen LogP contribution in [-0.4, -0.2) is 49.7 Å². The highest BCUT2D eigenvalue weighted by Gasteiger charge is 2.31. The van der Waals surface area contributed by atoms with Gasteiger partial charge in [-0.25, -0.2) is 0 Å². The summed E-state index contributed by atoms with van der Waals surface area (Å²) in [6.07, 6.45) is 0.0363. The molecule has 21 heavy (non-hydrogen) atoms. The van der Waals surface area contributed by atoms with Gasteiger partial charge in [-0.3, -0.25) is 9.69 Å². The van der Waals surface area contributed by atoms with Gasteiger partial charge in [-0.05, 0) is 19.0 Å². The summed E-state index contributed by atoms with van der Waals surface area (Å²) in [5, 5.41) is 2.92. The molecular weight excluding hydrogens is 266 g/mol. The van der Waals surface area contributed by atoms with Crippen LogP contribution >= 0.6 is 0 Å². The molecule has 116 valence electrons. The van der Waals surface area contributed by atoms with Gasteiger partial charge in [0.25, 0.3) is 0 Å². The quantitative estimate of drug-likeness (QED) is 0.838. The van der Waals surface area contributed by atoms with Crippen LogP contribution in [0, 0.1) is 0 Å². The lowest BCUT2D eigenvalue weighted by atomic mass is 9.92. The first-order valence-electron chi connectivity index (χ1n) is 7.50. The molecular formula is C16H25N3O2. The SMILES string of the molecule is CCN1CCOC(CNC(=O)C(C)(N)c2ccccc2)C1. The fourth-order valence-corrected chi connectivity index (χ4v) is 2.50. The fourth-order valence-electron chi connectivity index (χ4n) is 2.50. The van der Waals surface area contributed by atoms with E-state index in [-0.39, 0.29) is 12.0 Å². The summed E-state index contributed by atoms with van der Waals surface area (Å²) in [6.45, 7) is 7.89. The van der Waals surface area contributed by atoms with E-state index in [9.17, 15) is 4.79 Å². The zero-order chi connectivity index (χ0) is 15.3. The van der Waals surface area contributed by atoms with E-state index in [0.717, 1.165) is 25.2 Å². The molecule has 1 heterocycles. The van der Waals surface area contributed by atoms with Gasteiger partial charge in [0.1, 0.15) is 5.54 Å². The number of hydrogen-bond donors (Lipinski definition) is 2. The van der Waals surface area contributed by atoms with Crippen LogP contribution in [0.2, 0.25) is 0 Å². The highest BCUT2D eigenvalue weighted by Crippen LogP contribution is 2.17. The maximum atomic E-state index is 12.4. The van der Waals surface area contributed by atoms with Gasteiger partial charge < -0.3 is 15.8 Å². The van der Waals surface area contributed by atoms with Crippen molar-refractivity contribution in [2.75, 3.05) is 32.8 Å². The molecule has 0 radical (unpaired) electrons. The summed E-state index contributed by atoms with van der Waals surface area (Å²) in [4.78, 5) is 14.7. The van der Waals surface area contributed by atoms with Crippen molar-refractivity contribution in [1.29, 1.82) is 0 Å². The Morgan fingerprint density at radius 1 is 1.48 bits per heavy atom. The summed E-state index contributed by atoms with van der Waals surface area (Å²) < 4.78 is 5.68. The number of nitrogens with zero attached hydrogens (tertiary/aromatic N) is 1. The molecule has 1 fully saturated rings. The molecule has 0 aromatic heterocycles. The lowest BCUT2D eigenvalue weighted by molar-refractivity contribution is -0.127. The number of rotatable bonds is 5. The van der Waals surface area contributed by atoms with Gasteiger partial charge in [0.15, 0.2) is 0 Å². The maximum absolute atomic E-state index is 12.4. The minimum atomic E-state index is -1.03. The van der Waals surface area contributed by atoms with Gasteiger partial charge in [-0.2, -0.15) is 0 Å². The van der Waals surface area contributed by atoms with Crippen molar-refractivity contribution < 1.29 is 9.53 Å². The average Bonchev–Trinajstić information content (AvgIpc) is 2.53. The normalized spacial score (nSPS) is 22.5. The topological polar surface area (TPSA) is 67.6 Å². The van der Waals surface area contributed by atoms with Crippen LogP contribution in [0.5, 0.6) is 0 Å². The van der Waals surface area contributed by atoms with Crippen LogP contribution in [0.4, 0.5) is 0 Å². The van der Waals surface area contributed by atoms with Gasteiger partial charge in [0.05, 0.1) is 12.7 Å². The predicted molar refractivity (Wildman–Crippen MR) is 82.8 cm³/mol. The van der Waals surface area contributed by atoms with Gasteiger partial charge >= 0.3 is 0 Å². The van der Waals surface area contributed by atoms with E-state index in [1.807, 2.05) is 30.3 Å². The number of morpholine rings is 1. The minimum absolute atomic E-state index is 0.0363. The Bertz CT molecular complexity index is 462. The van der Waals surface area contributed by atoms with Crippen molar-refractivity contribution in [2.24, 2.45) is 5.73 Å². The Hall–Kier alpha value is -1.43. The number of carbonyl (C=O) groups excluding carboxylic acids is 1. The summed E-state index contributed by atoms with van der Waals surface area (Å²) >= 11 is 0. The molecule has 1 saturated heterocycles. The molecule has 0 saturated carbocycles. The molecule has 1 aliphatic heterocycles. The van der Waals surface area contributed by atoms with Crippen LogP contribution in [-0.2, 0) is 15.1 Å². The van der Waals surface area contributed by atoms with Gasteiger partial charge in [0, 0.05) is 19.6 Å². The number of hydrogen-bond acceptors (Lipinski definition) is 4. The Morgan fingerprint density at radius 3 is 2.86 bits per heavy atom. The van der Waals surface area contributed by atoms with E-state index in [1.54, 1.807) is 6.92 Å². The first-order chi connectivity index (χ1) is 10.0. The molecule has 1 aromatic rings. The first kappa shape index (κ1) is 15.9. The number of carbonyl (C=O) groups is 1. The largest absolute Gasteiger partial charge is 0.374 e. The van der Waals surface area contributed by atoms with E-state index in [0.29, 0.717) is 13.2 Å². The molecule has 1 aromatic carbocycles. The molecule has 0 aliphatic carbocycles. The highest BCUT2D eigenvalue weighted by molar-refractivity contribution is 5.86. The first-order valence-corrected chi connectivity index (χ1v) is 7.50. The number of nitrogens with one attached hydrogen (secondary N) is 1. The lowest BCUT2D eigenvalue weighted by Crippen LogP contribution is -2.53. The fraction of sp³-hybridized carbons (Fsp3) is 0.562. The van der Waals surface area contributed by atoms with E-state index in [1.165, 1.54) is 0 Å². The van der Waals surface area contributed by atoms with Gasteiger partial charge in [-0.1, -0.05) is 37.3 Å². The number of likely N-dealkylation sites (N-methyl/N-ethyl adjacent to an activating group) is 1. The van der Waals surface area contributed by atoms with Crippen molar-refractivity contribution in [3.63, 3.8) is 0 Å². The lowest BCUT2D eigenvalue weighted by Gasteiger charge is -2.33. The summed E-state index contributed by atoms with van der Waals surface area (Å²) in [5.74, 6) is -0.175. The van der Waals surface area contributed by atoms with E-state index < -0.39 is 5.54 Å². The molecule has 2 atom stereocenters. The molecule has 3 N–H and O–H groups in total. The van der Waals surface area contributed by atoms with Crippen LogP contribution in [0.25, 0.3) is 0 Å². The molecule has 2 unspecified atom stereocenters. The number of amides is 1. The number of ether oxygens (including phenoxy) is 1.